The van der Waals surface area contributed by atoms with Gasteiger partial charge in [0.2, 0.25) is 5.91 Å². The smallest absolute Gasteiger partial charge is 0.416 e. The lowest BCUT2D eigenvalue weighted by atomic mass is 9.96. The van der Waals surface area contributed by atoms with Gasteiger partial charge in [-0.15, -0.1) is 0 Å². The lowest BCUT2D eigenvalue weighted by Crippen LogP contribution is -2.34. The zero-order valence-corrected chi connectivity index (χ0v) is 12.6. The number of carbonyl (C=O) groups excluding carboxylic acids is 1. The van der Waals surface area contributed by atoms with Crippen molar-refractivity contribution in [1.29, 1.82) is 0 Å². The van der Waals surface area contributed by atoms with Gasteiger partial charge in [-0.2, -0.15) is 26.3 Å². The Labute approximate surface area is 138 Å². The first-order chi connectivity index (χ1) is 11.4. The Balaban J connectivity index is 2.13. The Morgan fingerprint density at radius 2 is 1.76 bits per heavy atom. The number of nitrogens with zero attached hydrogens (tertiary/aromatic N) is 1. The van der Waals surface area contributed by atoms with Crippen LogP contribution in [0.4, 0.5) is 26.3 Å². The van der Waals surface area contributed by atoms with Gasteiger partial charge in [0, 0.05) is 13.1 Å². The molecule has 1 aliphatic heterocycles. The number of hydrogen-bond donors (Lipinski definition) is 1. The van der Waals surface area contributed by atoms with Crippen molar-refractivity contribution in [2.75, 3.05) is 13.1 Å². The van der Waals surface area contributed by atoms with Crippen molar-refractivity contribution >= 4 is 11.9 Å². The first-order valence-electron chi connectivity index (χ1n) is 7.13. The highest BCUT2D eigenvalue weighted by molar-refractivity contribution is 5.81. The van der Waals surface area contributed by atoms with Gasteiger partial charge in [-0.3, -0.25) is 9.59 Å². The molecule has 0 unspecified atom stereocenters. The van der Waals surface area contributed by atoms with Gasteiger partial charge in [0.1, 0.15) is 0 Å². The van der Waals surface area contributed by atoms with E-state index in [4.69, 9.17) is 5.11 Å². The molecule has 0 radical (unpaired) electrons. The minimum Gasteiger partial charge on any atom is -0.481 e. The molecule has 1 fully saturated rings. The number of carboxylic acids is 1. The minimum atomic E-state index is -4.78. The normalized spacial score (nSPS) is 21.4. The number of carboxylic acid groups (broad SMARTS) is 1. The zero-order valence-electron chi connectivity index (χ0n) is 12.6. The van der Waals surface area contributed by atoms with E-state index in [0.29, 0.717) is 0 Å². The molecule has 0 bridgehead atoms. The maximum atomic E-state index is 12.9. The number of aliphatic carboxylic acids is 1. The molecule has 10 heteroatoms. The van der Waals surface area contributed by atoms with Crippen LogP contribution in [0.2, 0.25) is 0 Å². The third-order valence-electron chi connectivity index (χ3n) is 4.02. The van der Waals surface area contributed by atoms with Crippen LogP contribution in [0.3, 0.4) is 0 Å². The van der Waals surface area contributed by atoms with E-state index in [1.54, 1.807) is 0 Å². The van der Waals surface area contributed by atoms with Gasteiger partial charge >= 0.3 is 18.3 Å². The van der Waals surface area contributed by atoms with Crippen LogP contribution in [0.25, 0.3) is 0 Å². The van der Waals surface area contributed by atoms with E-state index < -0.39 is 61.1 Å². The molecule has 0 aliphatic carbocycles. The quantitative estimate of drug-likeness (QED) is 0.834. The highest BCUT2D eigenvalue weighted by atomic mass is 19.4. The van der Waals surface area contributed by atoms with Crippen molar-refractivity contribution in [3.8, 4) is 0 Å². The number of likely N-dealkylation sites (tertiary alicyclic amines) is 1. The minimum absolute atomic E-state index is 0.0119. The molecule has 2 rings (SSSR count). The predicted molar refractivity (Wildman–Crippen MR) is 72.4 cm³/mol. The van der Waals surface area contributed by atoms with Crippen molar-refractivity contribution in [2.24, 2.45) is 11.8 Å². The topological polar surface area (TPSA) is 57.6 Å². The number of carbonyl (C=O) groups is 2. The molecule has 25 heavy (non-hydrogen) atoms. The fourth-order valence-corrected chi connectivity index (χ4v) is 2.73. The zero-order chi connectivity index (χ0) is 19.0. The summed E-state index contributed by atoms with van der Waals surface area (Å²) in [4.78, 5) is 23.8. The van der Waals surface area contributed by atoms with Crippen molar-refractivity contribution < 1.29 is 41.0 Å². The van der Waals surface area contributed by atoms with Crippen LogP contribution in [-0.2, 0) is 22.2 Å². The molecule has 138 valence electrons. The fraction of sp³-hybridized carbons (Fsp3) is 0.467. The van der Waals surface area contributed by atoms with Crippen LogP contribution >= 0.6 is 0 Å². The number of benzene rings is 1. The molecule has 1 saturated heterocycles. The van der Waals surface area contributed by atoms with E-state index in [1.165, 1.54) is 6.07 Å². The maximum Gasteiger partial charge on any atom is 0.416 e. The van der Waals surface area contributed by atoms with Crippen LogP contribution in [0.15, 0.2) is 24.3 Å². The van der Waals surface area contributed by atoms with Gasteiger partial charge < -0.3 is 10.0 Å². The first-order valence-corrected chi connectivity index (χ1v) is 7.13. The lowest BCUT2D eigenvalue weighted by molar-refractivity contribution is -0.188. The summed E-state index contributed by atoms with van der Waals surface area (Å²) in [6.07, 6.45) is -9.93. The Morgan fingerprint density at radius 3 is 2.24 bits per heavy atom. The lowest BCUT2D eigenvalue weighted by Gasteiger charge is -2.18. The van der Waals surface area contributed by atoms with E-state index in [2.05, 4.69) is 0 Å². The summed E-state index contributed by atoms with van der Waals surface area (Å²) in [6.45, 7) is -1.45. The van der Waals surface area contributed by atoms with E-state index in [-0.39, 0.29) is 5.56 Å². The molecule has 1 amide bonds. The van der Waals surface area contributed by atoms with Gasteiger partial charge in [0.15, 0.2) is 0 Å². The van der Waals surface area contributed by atoms with Crippen molar-refractivity contribution in [3.05, 3.63) is 35.4 Å². The Kier molecular flexibility index (Phi) is 5.01. The summed E-state index contributed by atoms with van der Waals surface area (Å²) in [5.74, 6) is -6.50. The second-order valence-electron chi connectivity index (χ2n) is 5.77. The van der Waals surface area contributed by atoms with E-state index in [9.17, 15) is 35.9 Å². The molecular weight excluding hydrogens is 356 g/mol. The molecule has 1 aromatic carbocycles. The maximum absolute atomic E-state index is 12.9. The number of hydrogen-bond acceptors (Lipinski definition) is 2. The predicted octanol–water partition coefficient (Wildman–Crippen LogP) is 2.97. The number of alkyl halides is 6. The molecule has 0 aromatic heterocycles. The summed E-state index contributed by atoms with van der Waals surface area (Å²) < 4.78 is 76.6. The van der Waals surface area contributed by atoms with E-state index in [1.807, 2.05) is 0 Å². The molecule has 4 nitrogen and oxygen atoms in total. The number of halogens is 6. The molecular formula is C15H13F6NO3. The molecule has 0 saturated carbocycles. The Hall–Kier alpha value is -2.26. The van der Waals surface area contributed by atoms with Gasteiger partial charge in [0.25, 0.3) is 0 Å². The van der Waals surface area contributed by atoms with E-state index >= 15 is 0 Å². The molecule has 2 atom stereocenters. The van der Waals surface area contributed by atoms with E-state index in [0.717, 1.165) is 23.1 Å². The van der Waals surface area contributed by atoms with Gasteiger partial charge in [-0.1, -0.05) is 18.2 Å². The van der Waals surface area contributed by atoms with Crippen molar-refractivity contribution in [2.45, 2.75) is 18.8 Å². The van der Waals surface area contributed by atoms with Crippen LogP contribution in [-0.4, -0.2) is 41.1 Å². The first kappa shape index (κ1) is 19.1. The second-order valence-corrected chi connectivity index (χ2v) is 5.77. The molecule has 0 spiro atoms. The molecule has 1 N–H and O–H groups in total. The van der Waals surface area contributed by atoms with Crippen LogP contribution in [0.5, 0.6) is 0 Å². The summed E-state index contributed by atoms with van der Waals surface area (Å²) in [6, 6.07) is 3.89. The highest BCUT2D eigenvalue weighted by Gasteiger charge is 2.53. The highest BCUT2D eigenvalue weighted by Crippen LogP contribution is 2.38. The largest absolute Gasteiger partial charge is 0.481 e. The summed E-state index contributed by atoms with van der Waals surface area (Å²) in [5, 5.41) is 8.90. The monoisotopic (exact) mass is 369 g/mol. The summed E-state index contributed by atoms with van der Waals surface area (Å²) in [5.41, 5.74) is -0.988. The Bertz CT molecular complexity index is 670. The van der Waals surface area contributed by atoms with Gasteiger partial charge in [-0.25, -0.2) is 0 Å². The average Bonchev–Trinajstić information content (AvgIpc) is 2.92. The summed E-state index contributed by atoms with van der Waals surface area (Å²) in [7, 11) is 0. The molecule has 1 aliphatic rings. The third kappa shape index (κ3) is 4.43. The summed E-state index contributed by atoms with van der Waals surface area (Å²) >= 11 is 0. The fourth-order valence-electron chi connectivity index (χ4n) is 2.73. The average molecular weight is 369 g/mol. The van der Waals surface area contributed by atoms with Gasteiger partial charge in [-0.05, 0) is 11.6 Å². The number of amides is 1. The van der Waals surface area contributed by atoms with Crippen LogP contribution < -0.4 is 0 Å². The second kappa shape index (κ2) is 6.57. The molecule has 1 heterocycles. The van der Waals surface area contributed by atoms with Crippen LogP contribution in [0.1, 0.15) is 11.1 Å². The third-order valence-corrected chi connectivity index (χ3v) is 4.02. The number of rotatable bonds is 3. The van der Waals surface area contributed by atoms with Gasteiger partial charge in [0.05, 0.1) is 23.8 Å². The Morgan fingerprint density at radius 1 is 1.12 bits per heavy atom. The van der Waals surface area contributed by atoms with Crippen molar-refractivity contribution in [1.82, 2.24) is 4.90 Å². The molecule has 1 aromatic rings. The van der Waals surface area contributed by atoms with Crippen LogP contribution in [0, 0.1) is 11.8 Å². The SMILES string of the molecule is O=C(O)[C@@H]1CN(C(=O)Cc2cccc(C(F)(F)F)c2)C[C@H]1C(F)(F)F. The van der Waals surface area contributed by atoms with Crippen molar-refractivity contribution in [3.63, 3.8) is 0 Å². The standard InChI is InChI=1S/C15H13F6NO3/c16-14(17,18)9-3-1-2-8(4-9)5-12(23)22-6-10(13(24)25)11(7-22)15(19,20)21/h1-4,10-11H,5-7H2,(H,24,25)/t10-,11-/m1/s1.